The van der Waals surface area contributed by atoms with Gasteiger partial charge < -0.3 is 21.7 Å². The van der Waals surface area contributed by atoms with Gasteiger partial charge in [-0.1, -0.05) is 43.7 Å². The van der Waals surface area contributed by atoms with Gasteiger partial charge in [0.1, 0.15) is 6.04 Å². The summed E-state index contributed by atoms with van der Waals surface area (Å²) in [4.78, 5) is 24.1. The molecule has 0 aromatic heterocycles. The monoisotopic (exact) mass is 356 g/mol. The molecule has 1 unspecified atom stereocenters. The number of carbonyl (C=O) groups is 2. The highest BCUT2D eigenvalue weighted by Gasteiger charge is 2.21. The molecule has 0 saturated heterocycles. The summed E-state index contributed by atoms with van der Waals surface area (Å²) in [6.07, 6.45) is 0.578. The summed E-state index contributed by atoms with van der Waals surface area (Å²) in [5, 5.41) is 8.23. The van der Waals surface area contributed by atoms with E-state index in [9.17, 15) is 9.59 Å². The molecule has 0 aliphatic heterocycles. The minimum absolute atomic E-state index is 0. The predicted molar refractivity (Wildman–Crippen MR) is 99.1 cm³/mol. The highest BCUT2D eigenvalue weighted by Crippen LogP contribution is 2.05. The van der Waals surface area contributed by atoms with Crippen molar-refractivity contribution in [3.05, 3.63) is 35.4 Å². The fourth-order valence-electron chi connectivity index (χ4n) is 2.12. The van der Waals surface area contributed by atoms with Gasteiger partial charge in [-0.05, 0) is 24.8 Å². The van der Waals surface area contributed by atoms with Crippen LogP contribution in [0.15, 0.2) is 24.3 Å². The van der Waals surface area contributed by atoms with Gasteiger partial charge in [-0.2, -0.15) is 0 Å². The van der Waals surface area contributed by atoms with Gasteiger partial charge in [0.2, 0.25) is 5.91 Å². The second kappa shape index (κ2) is 11.7. The first kappa shape index (κ1) is 22.2. The van der Waals surface area contributed by atoms with Crippen molar-refractivity contribution in [2.45, 2.75) is 39.8 Å². The number of nitrogens with two attached hydrogens (primary N) is 1. The van der Waals surface area contributed by atoms with E-state index in [1.165, 1.54) is 5.56 Å². The van der Waals surface area contributed by atoms with Gasteiger partial charge in [0.25, 0.3) is 0 Å². The number of urea groups is 1. The number of rotatable bonds is 8. The lowest BCUT2D eigenvalue weighted by atomic mass is 10.0. The molecule has 0 bridgehead atoms. The van der Waals surface area contributed by atoms with Gasteiger partial charge in [-0.25, -0.2) is 4.79 Å². The average molecular weight is 357 g/mol. The number of benzene rings is 1. The van der Waals surface area contributed by atoms with Gasteiger partial charge >= 0.3 is 6.03 Å². The molecule has 0 fully saturated rings. The average Bonchev–Trinajstić information content (AvgIpc) is 2.51. The zero-order valence-electron chi connectivity index (χ0n) is 14.6. The number of amides is 3. The van der Waals surface area contributed by atoms with E-state index in [4.69, 9.17) is 5.73 Å². The molecular weight excluding hydrogens is 328 g/mol. The van der Waals surface area contributed by atoms with Crippen LogP contribution in [-0.4, -0.2) is 31.1 Å². The zero-order valence-corrected chi connectivity index (χ0v) is 15.4. The van der Waals surface area contributed by atoms with E-state index in [2.05, 4.69) is 16.0 Å². The molecule has 5 N–H and O–H groups in total. The standard InChI is InChI=1S/C17H28N4O2.ClH/c1-12(2)10-15(16(22)19-9-8-18)21-17(23)20-11-14-6-4-13(3)5-7-14;/h4-7,12,15H,8-11,18H2,1-3H3,(H,19,22)(H2,20,21,23);1H. The Balaban J connectivity index is 0.00000529. The Bertz CT molecular complexity index is 506. The summed E-state index contributed by atoms with van der Waals surface area (Å²) in [6, 6.07) is 7.02. The number of nitrogens with one attached hydrogen (secondary N) is 3. The van der Waals surface area contributed by atoms with Crippen LogP contribution in [0.25, 0.3) is 0 Å². The lowest BCUT2D eigenvalue weighted by molar-refractivity contribution is -0.123. The summed E-state index contributed by atoms with van der Waals surface area (Å²) in [5.41, 5.74) is 7.57. The topological polar surface area (TPSA) is 96.2 Å². The first-order chi connectivity index (χ1) is 10.9. The molecular formula is C17H29ClN4O2. The van der Waals surface area contributed by atoms with Crippen LogP contribution in [0.5, 0.6) is 0 Å². The van der Waals surface area contributed by atoms with Crippen LogP contribution in [-0.2, 0) is 11.3 Å². The van der Waals surface area contributed by atoms with Crippen LogP contribution in [0.1, 0.15) is 31.4 Å². The summed E-state index contributed by atoms with van der Waals surface area (Å²) in [6.45, 7) is 7.23. The predicted octanol–water partition coefficient (Wildman–Crippen LogP) is 1.71. The maximum Gasteiger partial charge on any atom is 0.315 e. The fraction of sp³-hybridized carbons (Fsp3) is 0.529. The van der Waals surface area contributed by atoms with E-state index in [1.807, 2.05) is 45.0 Å². The highest BCUT2D eigenvalue weighted by atomic mass is 35.5. The number of hydrogen-bond acceptors (Lipinski definition) is 3. The maximum atomic E-state index is 12.1. The molecule has 1 atom stereocenters. The van der Waals surface area contributed by atoms with Crippen LogP contribution in [0.2, 0.25) is 0 Å². The molecule has 0 spiro atoms. The van der Waals surface area contributed by atoms with Crippen molar-refractivity contribution in [1.29, 1.82) is 0 Å². The van der Waals surface area contributed by atoms with Crippen LogP contribution >= 0.6 is 12.4 Å². The Labute approximate surface area is 150 Å². The maximum absolute atomic E-state index is 12.1. The molecule has 0 aliphatic carbocycles. The first-order valence-corrected chi connectivity index (χ1v) is 8.00. The van der Waals surface area contributed by atoms with E-state index >= 15 is 0 Å². The third-order valence-electron chi connectivity index (χ3n) is 3.35. The third-order valence-corrected chi connectivity index (χ3v) is 3.35. The Morgan fingerprint density at radius 3 is 2.29 bits per heavy atom. The quantitative estimate of drug-likeness (QED) is 0.571. The van der Waals surface area contributed by atoms with E-state index in [1.54, 1.807) is 0 Å². The molecule has 0 radical (unpaired) electrons. The van der Waals surface area contributed by atoms with E-state index in [0.717, 1.165) is 5.56 Å². The van der Waals surface area contributed by atoms with E-state index < -0.39 is 6.04 Å². The third kappa shape index (κ3) is 8.74. The molecule has 7 heteroatoms. The van der Waals surface area contributed by atoms with Gasteiger partial charge in [-0.15, -0.1) is 12.4 Å². The van der Waals surface area contributed by atoms with Crippen molar-refractivity contribution in [2.24, 2.45) is 11.7 Å². The van der Waals surface area contributed by atoms with Gasteiger partial charge in [0.05, 0.1) is 0 Å². The SMILES string of the molecule is Cc1ccc(CNC(=O)NC(CC(C)C)C(=O)NCCN)cc1.Cl. The Hall–Kier alpha value is -1.79. The lowest BCUT2D eigenvalue weighted by Gasteiger charge is -2.20. The molecule has 1 aromatic carbocycles. The van der Waals surface area contributed by atoms with Crippen molar-refractivity contribution in [3.63, 3.8) is 0 Å². The molecule has 24 heavy (non-hydrogen) atoms. The van der Waals surface area contributed by atoms with Crippen molar-refractivity contribution < 1.29 is 9.59 Å². The molecule has 136 valence electrons. The molecule has 6 nitrogen and oxygen atoms in total. The Morgan fingerprint density at radius 2 is 1.75 bits per heavy atom. The number of carbonyl (C=O) groups excluding carboxylic acids is 2. The van der Waals surface area contributed by atoms with Gasteiger partial charge in [0, 0.05) is 19.6 Å². The molecule has 0 heterocycles. The summed E-state index contributed by atoms with van der Waals surface area (Å²) in [7, 11) is 0. The van der Waals surface area contributed by atoms with Crippen molar-refractivity contribution in [2.75, 3.05) is 13.1 Å². The summed E-state index contributed by atoms with van der Waals surface area (Å²) in [5.74, 6) is 0.0932. The lowest BCUT2D eigenvalue weighted by Crippen LogP contribution is -2.51. The first-order valence-electron chi connectivity index (χ1n) is 8.00. The molecule has 0 saturated carbocycles. The Morgan fingerprint density at radius 1 is 1.12 bits per heavy atom. The fourth-order valence-corrected chi connectivity index (χ4v) is 2.12. The second-order valence-corrected chi connectivity index (χ2v) is 6.07. The Kier molecular flexibility index (Phi) is 10.8. The molecule has 3 amide bonds. The minimum Gasteiger partial charge on any atom is -0.353 e. The minimum atomic E-state index is -0.556. The largest absolute Gasteiger partial charge is 0.353 e. The van der Waals surface area contributed by atoms with Crippen LogP contribution < -0.4 is 21.7 Å². The highest BCUT2D eigenvalue weighted by molar-refractivity contribution is 5.87. The number of hydrogen-bond donors (Lipinski definition) is 4. The van der Waals surface area contributed by atoms with Gasteiger partial charge in [0.15, 0.2) is 0 Å². The number of halogens is 1. The summed E-state index contributed by atoms with van der Waals surface area (Å²) >= 11 is 0. The normalized spacial score (nSPS) is 11.4. The summed E-state index contributed by atoms with van der Waals surface area (Å²) < 4.78 is 0. The second-order valence-electron chi connectivity index (χ2n) is 6.07. The zero-order chi connectivity index (χ0) is 17.2. The van der Waals surface area contributed by atoms with E-state index in [-0.39, 0.29) is 24.3 Å². The van der Waals surface area contributed by atoms with Crippen LogP contribution in [0.3, 0.4) is 0 Å². The van der Waals surface area contributed by atoms with E-state index in [0.29, 0.717) is 32.0 Å². The van der Waals surface area contributed by atoms with Crippen molar-refractivity contribution >= 4 is 24.3 Å². The molecule has 1 rings (SSSR count). The van der Waals surface area contributed by atoms with Crippen LogP contribution in [0.4, 0.5) is 4.79 Å². The molecule has 1 aromatic rings. The van der Waals surface area contributed by atoms with Crippen molar-refractivity contribution in [3.8, 4) is 0 Å². The number of aryl methyl sites for hydroxylation is 1. The van der Waals surface area contributed by atoms with Crippen LogP contribution in [0, 0.1) is 12.8 Å². The molecule has 0 aliphatic rings. The smallest absolute Gasteiger partial charge is 0.315 e. The van der Waals surface area contributed by atoms with Gasteiger partial charge in [-0.3, -0.25) is 4.79 Å². The van der Waals surface area contributed by atoms with Crippen molar-refractivity contribution in [1.82, 2.24) is 16.0 Å².